The summed E-state index contributed by atoms with van der Waals surface area (Å²) < 4.78 is 10.8. The predicted molar refractivity (Wildman–Crippen MR) is 78.4 cm³/mol. The molecule has 1 N–H and O–H groups in total. The summed E-state index contributed by atoms with van der Waals surface area (Å²) in [5.41, 5.74) is 1.80. The maximum atomic E-state index is 10.6. The van der Waals surface area contributed by atoms with Crippen molar-refractivity contribution in [3.63, 3.8) is 0 Å². The molecule has 2 atom stereocenters. The second-order valence-electron chi connectivity index (χ2n) is 4.55. The molecule has 0 saturated carbocycles. The Morgan fingerprint density at radius 3 is 1.95 bits per heavy atom. The smallest absolute Gasteiger partial charge is 0.113 e. The molecule has 0 aliphatic carbocycles. The zero-order chi connectivity index (χ0) is 14.2. The minimum atomic E-state index is -0.699. The fourth-order valence-electron chi connectivity index (χ4n) is 2.10. The maximum Gasteiger partial charge on any atom is 0.113 e. The van der Waals surface area contributed by atoms with Crippen LogP contribution in [0.3, 0.4) is 0 Å². The lowest BCUT2D eigenvalue weighted by atomic mass is 9.98. The third kappa shape index (κ3) is 3.90. The fraction of sp³-hybridized carbons (Fsp3) is 0.294. The molecule has 0 unspecified atom stereocenters. The Morgan fingerprint density at radius 2 is 1.40 bits per heavy atom. The molecule has 2 rings (SSSR count). The first-order valence-electron chi connectivity index (χ1n) is 6.71. The van der Waals surface area contributed by atoms with Crippen LogP contribution in [0.2, 0.25) is 0 Å². The van der Waals surface area contributed by atoms with E-state index in [2.05, 4.69) is 0 Å². The van der Waals surface area contributed by atoms with Crippen LogP contribution in [0.4, 0.5) is 0 Å². The van der Waals surface area contributed by atoms with E-state index >= 15 is 0 Å². The molecular formula is C17H20O3. The van der Waals surface area contributed by atoms with Crippen molar-refractivity contribution < 1.29 is 14.6 Å². The van der Waals surface area contributed by atoms with Crippen LogP contribution in [0.15, 0.2) is 60.7 Å². The first-order chi connectivity index (χ1) is 9.83. The monoisotopic (exact) mass is 272 g/mol. The lowest BCUT2D eigenvalue weighted by molar-refractivity contribution is -0.0553. The van der Waals surface area contributed by atoms with E-state index in [1.807, 2.05) is 60.7 Å². The Hall–Kier alpha value is -1.68. The molecule has 2 aromatic carbocycles. The highest BCUT2D eigenvalue weighted by atomic mass is 16.5. The summed E-state index contributed by atoms with van der Waals surface area (Å²) in [6, 6.07) is 19.3. The minimum Gasteiger partial charge on any atom is -0.385 e. The van der Waals surface area contributed by atoms with Gasteiger partial charge in [0, 0.05) is 7.11 Å². The molecule has 0 saturated heterocycles. The zero-order valence-electron chi connectivity index (χ0n) is 11.6. The maximum absolute atomic E-state index is 10.6. The van der Waals surface area contributed by atoms with E-state index in [4.69, 9.17) is 9.47 Å². The Bertz CT molecular complexity index is 484. The van der Waals surface area contributed by atoms with Gasteiger partial charge in [0.1, 0.15) is 12.2 Å². The summed E-state index contributed by atoms with van der Waals surface area (Å²) in [4.78, 5) is 0. The second-order valence-corrected chi connectivity index (χ2v) is 4.55. The number of aliphatic hydroxyl groups is 1. The molecule has 0 aliphatic rings. The lowest BCUT2D eigenvalue weighted by Crippen LogP contribution is -2.17. The molecule has 0 amide bonds. The van der Waals surface area contributed by atoms with Gasteiger partial charge in [-0.25, -0.2) is 0 Å². The van der Waals surface area contributed by atoms with Crippen molar-refractivity contribution in [2.75, 3.05) is 20.3 Å². The molecule has 106 valence electrons. The molecule has 0 fully saturated rings. The average molecular weight is 272 g/mol. The normalized spacial score (nSPS) is 13.9. The number of ether oxygens (including phenoxy) is 2. The summed E-state index contributed by atoms with van der Waals surface area (Å²) >= 11 is 0. The first kappa shape index (κ1) is 14.7. The van der Waals surface area contributed by atoms with Crippen molar-refractivity contribution >= 4 is 0 Å². The Kier molecular flexibility index (Phi) is 5.74. The third-order valence-electron chi connectivity index (χ3n) is 3.14. The van der Waals surface area contributed by atoms with Crippen molar-refractivity contribution in [2.45, 2.75) is 12.2 Å². The van der Waals surface area contributed by atoms with Crippen molar-refractivity contribution in [1.29, 1.82) is 0 Å². The van der Waals surface area contributed by atoms with Gasteiger partial charge in [0.15, 0.2) is 0 Å². The number of rotatable bonds is 7. The van der Waals surface area contributed by atoms with E-state index in [0.29, 0.717) is 13.2 Å². The molecule has 0 aliphatic heterocycles. The van der Waals surface area contributed by atoms with Gasteiger partial charge < -0.3 is 14.6 Å². The van der Waals surface area contributed by atoms with Crippen LogP contribution >= 0.6 is 0 Å². The summed E-state index contributed by atoms with van der Waals surface area (Å²) in [5.74, 6) is 0. The topological polar surface area (TPSA) is 38.7 Å². The Morgan fingerprint density at radius 1 is 0.850 bits per heavy atom. The predicted octanol–water partition coefficient (Wildman–Crippen LogP) is 3.12. The first-order valence-corrected chi connectivity index (χ1v) is 6.71. The van der Waals surface area contributed by atoms with E-state index in [9.17, 15) is 5.11 Å². The van der Waals surface area contributed by atoms with E-state index in [1.54, 1.807) is 7.11 Å². The van der Waals surface area contributed by atoms with Crippen LogP contribution in [0.5, 0.6) is 0 Å². The van der Waals surface area contributed by atoms with Gasteiger partial charge in [0.25, 0.3) is 0 Å². The van der Waals surface area contributed by atoms with E-state index in [1.165, 1.54) is 0 Å². The van der Waals surface area contributed by atoms with E-state index < -0.39 is 12.2 Å². The summed E-state index contributed by atoms with van der Waals surface area (Å²) in [5, 5.41) is 10.6. The Balaban J connectivity index is 2.17. The van der Waals surface area contributed by atoms with Crippen molar-refractivity contribution in [3.8, 4) is 0 Å². The van der Waals surface area contributed by atoms with E-state index in [-0.39, 0.29) is 0 Å². The van der Waals surface area contributed by atoms with Crippen LogP contribution in [-0.4, -0.2) is 25.4 Å². The van der Waals surface area contributed by atoms with Crippen LogP contribution in [0.25, 0.3) is 0 Å². The highest BCUT2D eigenvalue weighted by Gasteiger charge is 2.23. The highest BCUT2D eigenvalue weighted by molar-refractivity contribution is 5.25. The zero-order valence-corrected chi connectivity index (χ0v) is 11.6. The van der Waals surface area contributed by atoms with Gasteiger partial charge in [-0.1, -0.05) is 60.7 Å². The summed E-state index contributed by atoms with van der Waals surface area (Å²) in [6.07, 6.45) is -1.09. The molecule has 0 spiro atoms. The molecule has 0 aromatic heterocycles. The van der Waals surface area contributed by atoms with E-state index in [0.717, 1.165) is 11.1 Å². The summed E-state index contributed by atoms with van der Waals surface area (Å²) in [6.45, 7) is 0.949. The van der Waals surface area contributed by atoms with Gasteiger partial charge in [0.2, 0.25) is 0 Å². The number of methoxy groups -OCH3 is 1. The van der Waals surface area contributed by atoms with Gasteiger partial charge >= 0.3 is 0 Å². The number of benzene rings is 2. The molecule has 3 nitrogen and oxygen atoms in total. The molecule has 0 bridgehead atoms. The molecule has 20 heavy (non-hydrogen) atoms. The van der Waals surface area contributed by atoms with Gasteiger partial charge in [-0.2, -0.15) is 0 Å². The van der Waals surface area contributed by atoms with Gasteiger partial charge in [-0.15, -0.1) is 0 Å². The fourth-order valence-corrected chi connectivity index (χ4v) is 2.10. The summed E-state index contributed by atoms with van der Waals surface area (Å²) in [7, 11) is 1.63. The number of hydrogen-bond donors (Lipinski definition) is 1. The molecular weight excluding hydrogens is 252 g/mol. The van der Waals surface area contributed by atoms with Crippen LogP contribution < -0.4 is 0 Å². The SMILES string of the molecule is COCCO[C@H](c1ccccc1)[C@H](O)c1ccccc1. The van der Waals surface area contributed by atoms with Crippen molar-refractivity contribution in [3.05, 3.63) is 71.8 Å². The second kappa shape index (κ2) is 7.80. The average Bonchev–Trinajstić information content (AvgIpc) is 2.53. The number of hydrogen-bond acceptors (Lipinski definition) is 3. The lowest BCUT2D eigenvalue weighted by Gasteiger charge is -2.24. The minimum absolute atomic E-state index is 0.395. The highest BCUT2D eigenvalue weighted by Crippen LogP contribution is 2.31. The molecule has 3 heteroatoms. The quantitative estimate of drug-likeness (QED) is 0.787. The largest absolute Gasteiger partial charge is 0.385 e. The Labute approximate surface area is 119 Å². The number of aliphatic hydroxyl groups excluding tert-OH is 1. The standard InChI is InChI=1S/C17H20O3/c1-19-12-13-20-17(15-10-6-3-7-11-15)16(18)14-8-4-2-5-9-14/h2-11,16-18H,12-13H2,1H3/t16-,17-/m1/s1. The van der Waals surface area contributed by atoms with Crippen LogP contribution in [0.1, 0.15) is 23.3 Å². The molecule has 2 aromatic rings. The molecule has 0 radical (unpaired) electrons. The molecule has 0 heterocycles. The van der Waals surface area contributed by atoms with Gasteiger partial charge in [-0.05, 0) is 11.1 Å². The van der Waals surface area contributed by atoms with Crippen LogP contribution in [-0.2, 0) is 9.47 Å². The van der Waals surface area contributed by atoms with Crippen molar-refractivity contribution in [2.24, 2.45) is 0 Å². The van der Waals surface area contributed by atoms with Crippen LogP contribution in [0, 0.1) is 0 Å². The van der Waals surface area contributed by atoms with Gasteiger partial charge in [-0.3, -0.25) is 0 Å². The third-order valence-corrected chi connectivity index (χ3v) is 3.14. The van der Waals surface area contributed by atoms with Crippen molar-refractivity contribution in [1.82, 2.24) is 0 Å². The van der Waals surface area contributed by atoms with Gasteiger partial charge in [0.05, 0.1) is 13.2 Å².